The molecule has 3 aromatic carbocycles. The molecule has 4 aromatic rings. The van der Waals surface area contributed by atoms with Gasteiger partial charge in [0.2, 0.25) is 0 Å². The largest absolute Gasteiger partial charge is 0.462 e. The minimum atomic E-state index is -0.448. The molecule has 1 fully saturated rings. The number of morpholine rings is 1. The second-order valence-electron chi connectivity index (χ2n) is 8.37. The Morgan fingerprint density at radius 2 is 1.53 bits per heavy atom. The smallest absolute Gasteiger partial charge is 0.342 e. The zero-order chi connectivity index (χ0) is 24.7. The van der Waals surface area contributed by atoms with E-state index in [9.17, 15) is 4.79 Å². The van der Waals surface area contributed by atoms with Gasteiger partial charge >= 0.3 is 5.97 Å². The Balaban J connectivity index is 1.59. The van der Waals surface area contributed by atoms with E-state index < -0.39 is 5.97 Å². The highest BCUT2D eigenvalue weighted by Gasteiger charge is 2.26. The first-order chi connectivity index (χ1) is 17.7. The van der Waals surface area contributed by atoms with Crippen LogP contribution in [0.4, 0.5) is 17.2 Å². The highest BCUT2D eigenvalue weighted by Crippen LogP contribution is 2.37. The summed E-state index contributed by atoms with van der Waals surface area (Å²) in [5.41, 5.74) is 5.33. The molecule has 1 aliphatic heterocycles. The van der Waals surface area contributed by atoms with Crippen molar-refractivity contribution in [3.63, 3.8) is 0 Å². The third-order valence-electron chi connectivity index (χ3n) is 6.07. The molecular formula is C29H28N4O3. The molecule has 0 amide bonds. The van der Waals surface area contributed by atoms with Crippen LogP contribution in [0.25, 0.3) is 22.4 Å². The third kappa shape index (κ3) is 5.06. The highest BCUT2D eigenvalue weighted by atomic mass is 16.5. The van der Waals surface area contributed by atoms with Crippen molar-refractivity contribution in [3.05, 3.63) is 90.5 Å². The van der Waals surface area contributed by atoms with E-state index in [1.165, 1.54) is 0 Å². The van der Waals surface area contributed by atoms with E-state index in [1.807, 2.05) is 72.8 Å². The van der Waals surface area contributed by atoms with Gasteiger partial charge in [-0.25, -0.2) is 4.79 Å². The Hall–Kier alpha value is -4.23. The fourth-order valence-electron chi connectivity index (χ4n) is 4.32. The van der Waals surface area contributed by atoms with Gasteiger partial charge in [-0.1, -0.05) is 60.7 Å². The number of rotatable bonds is 7. The standard InChI is InChI=1S/C29H28N4O3/c1-2-36-29(34)26-25(21-9-5-3-6-10-21)27(22-11-7-4-8-12-22)31-32-28(26)30-23-13-15-24(16-14-23)33-17-19-35-20-18-33/h3-16H,2,17-20H2,1H3,(H,30,32). The maximum atomic E-state index is 13.3. The average molecular weight is 481 g/mol. The number of anilines is 3. The van der Waals surface area contributed by atoms with Gasteiger partial charge in [-0.2, -0.15) is 0 Å². The van der Waals surface area contributed by atoms with Crippen molar-refractivity contribution in [2.75, 3.05) is 43.1 Å². The van der Waals surface area contributed by atoms with E-state index in [4.69, 9.17) is 9.47 Å². The van der Waals surface area contributed by atoms with Gasteiger partial charge in [-0.15, -0.1) is 10.2 Å². The Bertz CT molecular complexity index is 1310. The predicted octanol–water partition coefficient (Wildman–Crippen LogP) is 5.57. The van der Waals surface area contributed by atoms with E-state index in [0.717, 1.165) is 48.8 Å². The van der Waals surface area contributed by atoms with Crippen LogP contribution in [0.15, 0.2) is 84.9 Å². The van der Waals surface area contributed by atoms with Crippen LogP contribution in [0.1, 0.15) is 17.3 Å². The SMILES string of the molecule is CCOC(=O)c1c(Nc2ccc(N3CCOCC3)cc2)nnc(-c2ccccc2)c1-c1ccccc1. The van der Waals surface area contributed by atoms with Crippen LogP contribution < -0.4 is 10.2 Å². The fourth-order valence-corrected chi connectivity index (χ4v) is 4.32. The van der Waals surface area contributed by atoms with E-state index in [1.54, 1.807) is 6.92 Å². The Morgan fingerprint density at radius 1 is 0.889 bits per heavy atom. The topological polar surface area (TPSA) is 76.6 Å². The maximum absolute atomic E-state index is 13.3. The minimum Gasteiger partial charge on any atom is -0.462 e. The zero-order valence-electron chi connectivity index (χ0n) is 20.2. The zero-order valence-corrected chi connectivity index (χ0v) is 20.2. The second-order valence-corrected chi connectivity index (χ2v) is 8.37. The number of hydrogen-bond donors (Lipinski definition) is 1. The summed E-state index contributed by atoms with van der Waals surface area (Å²) in [6, 6.07) is 27.6. The number of esters is 1. The summed E-state index contributed by atoms with van der Waals surface area (Å²) in [5, 5.41) is 12.3. The van der Waals surface area contributed by atoms with Crippen LogP contribution in [-0.2, 0) is 9.47 Å². The van der Waals surface area contributed by atoms with E-state index in [2.05, 4.69) is 32.5 Å². The number of benzene rings is 3. The van der Waals surface area contributed by atoms with Crippen molar-refractivity contribution in [3.8, 4) is 22.4 Å². The number of nitrogens with one attached hydrogen (secondary N) is 1. The summed E-state index contributed by atoms with van der Waals surface area (Å²) in [6.45, 7) is 5.25. The molecule has 0 unspecified atom stereocenters. The van der Waals surface area contributed by atoms with Gasteiger partial charge in [0, 0.05) is 35.6 Å². The second kappa shape index (κ2) is 11.0. The molecule has 1 aromatic heterocycles. The molecular weight excluding hydrogens is 452 g/mol. The van der Waals surface area contributed by atoms with Gasteiger partial charge in [0.05, 0.1) is 19.8 Å². The first-order valence-electron chi connectivity index (χ1n) is 12.1. The molecule has 0 atom stereocenters. The summed E-state index contributed by atoms with van der Waals surface area (Å²) in [5.74, 6) is -0.0954. The molecule has 0 bridgehead atoms. The molecule has 1 saturated heterocycles. The molecule has 0 aliphatic carbocycles. The number of carbonyl (C=O) groups is 1. The van der Waals surface area contributed by atoms with Gasteiger partial charge in [0.1, 0.15) is 11.3 Å². The Morgan fingerprint density at radius 3 is 2.17 bits per heavy atom. The summed E-state index contributed by atoms with van der Waals surface area (Å²) in [4.78, 5) is 15.6. The number of aromatic nitrogens is 2. The van der Waals surface area contributed by atoms with Gasteiger partial charge in [-0.3, -0.25) is 0 Å². The van der Waals surface area contributed by atoms with Crippen LogP contribution in [-0.4, -0.2) is 49.1 Å². The maximum Gasteiger partial charge on any atom is 0.342 e. The number of nitrogens with zero attached hydrogens (tertiary/aromatic N) is 3. The van der Waals surface area contributed by atoms with Gasteiger partial charge < -0.3 is 19.7 Å². The molecule has 182 valence electrons. The van der Waals surface area contributed by atoms with Gasteiger partial charge in [-0.05, 0) is 36.8 Å². The summed E-state index contributed by atoms with van der Waals surface area (Å²) in [7, 11) is 0. The van der Waals surface area contributed by atoms with Crippen molar-refractivity contribution < 1.29 is 14.3 Å². The van der Waals surface area contributed by atoms with Crippen molar-refractivity contribution in [2.24, 2.45) is 0 Å². The summed E-state index contributed by atoms with van der Waals surface area (Å²) < 4.78 is 10.9. The lowest BCUT2D eigenvalue weighted by Gasteiger charge is -2.29. The van der Waals surface area contributed by atoms with Gasteiger partial charge in [0.25, 0.3) is 0 Å². The van der Waals surface area contributed by atoms with Crippen LogP contribution in [0.5, 0.6) is 0 Å². The lowest BCUT2D eigenvalue weighted by atomic mass is 9.95. The fraction of sp³-hybridized carbons (Fsp3) is 0.207. The molecule has 0 radical (unpaired) electrons. The quantitative estimate of drug-likeness (QED) is 0.347. The third-order valence-corrected chi connectivity index (χ3v) is 6.07. The van der Waals surface area contributed by atoms with Crippen LogP contribution in [0, 0.1) is 0 Å². The minimum absolute atomic E-state index is 0.254. The number of carbonyl (C=O) groups excluding carboxylic acids is 1. The molecule has 0 spiro atoms. The molecule has 0 saturated carbocycles. The lowest BCUT2D eigenvalue weighted by molar-refractivity contribution is 0.0528. The van der Waals surface area contributed by atoms with E-state index in [-0.39, 0.29) is 6.61 Å². The molecule has 36 heavy (non-hydrogen) atoms. The normalized spacial score (nSPS) is 13.3. The van der Waals surface area contributed by atoms with Crippen LogP contribution in [0.3, 0.4) is 0 Å². The first-order valence-corrected chi connectivity index (χ1v) is 12.1. The molecule has 1 N–H and O–H groups in total. The number of hydrogen-bond acceptors (Lipinski definition) is 7. The Kier molecular flexibility index (Phi) is 7.19. The van der Waals surface area contributed by atoms with E-state index >= 15 is 0 Å². The van der Waals surface area contributed by atoms with Crippen molar-refractivity contribution >= 4 is 23.2 Å². The summed E-state index contributed by atoms with van der Waals surface area (Å²) in [6.07, 6.45) is 0. The molecule has 7 heteroatoms. The average Bonchev–Trinajstić information content (AvgIpc) is 2.95. The molecule has 5 rings (SSSR count). The number of ether oxygens (including phenoxy) is 2. The van der Waals surface area contributed by atoms with E-state index in [0.29, 0.717) is 22.6 Å². The monoisotopic (exact) mass is 480 g/mol. The molecule has 7 nitrogen and oxygen atoms in total. The first kappa shape index (κ1) is 23.5. The van der Waals surface area contributed by atoms with Crippen molar-refractivity contribution in [1.82, 2.24) is 10.2 Å². The lowest BCUT2D eigenvalue weighted by Crippen LogP contribution is -2.36. The predicted molar refractivity (Wildman–Crippen MR) is 142 cm³/mol. The van der Waals surface area contributed by atoms with Crippen LogP contribution in [0.2, 0.25) is 0 Å². The van der Waals surface area contributed by atoms with Crippen molar-refractivity contribution in [1.29, 1.82) is 0 Å². The molecule has 1 aliphatic rings. The summed E-state index contributed by atoms with van der Waals surface area (Å²) >= 11 is 0. The molecule has 2 heterocycles. The van der Waals surface area contributed by atoms with Crippen LogP contribution >= 0.6 is 0 Å². The highest BCUT2D eigenvalue weighted by molar-refractivity contribution is 6.05. The Labute approximate surface area is 210 Å². The van der Waals surface area contributed by atoms with Gasteiger partial charge in [0.15, 0.2) is 5.82 Å². The van der Waals surface area contributed by atoms with Crippen molar-refractivity contribution in [2.45, 2.75) is 6.92 Å².